The van der Waals surface area contributed by atoms with Gasteiger partial charge in [0.2, 0.25) is 12.7 Å². The molecule has 1 N–H and O–H groups in total. The second-order valence-electron chi connectivity index (χ2n) is 4.89. The maximum atomic E-state index is 13.2. The van der Waals surface area contributed by atoms with Gasteiger partial charge in [-0.15, -0.1) is 0 Å². The Morgan fingerprint density at radius 2 is 2.00 bits per heavy atom. The van der Waals surface area contributed by atoms with Crippen LogP contribution in [-0.4, -0.2) is 12.7 Å². The number of ether oxygens (including phenoxy) is 2. The number of carbonyl (C=O) groups is 1. The van der Waals surface area contributed by atoms with Gasteiger partial charge in [0.15, 0.2) is 11.5 Å². The Morgan fingerprint density at radius 1 is 1.18 bits per heavy atom. The first-order valence-corrected chi connectivity index (χ1v) is 6.77. The van der Waals surface area contributed by atoms with E-state index in [0.29, 0.717) is 17.2 Å². The monoisotopic (exact) mass is 299 g/mol. The average molecular weight is 299 g/mol. The molecule has 0 saturated carbocycles. The summed E-state index contributed by atoms with van der Waals surface area (Å²) in [5, 5.41) is 2.65. The number of carbonyl (C=O) groups excluding carboxylic acids is 1. The Labute approximate surface area is 127 Å². The number of rotatable bonds is 3. The van der Waals surface area contributed by atoms with Crippen molar-refractivity contribution in [1.82, 2.24) is 0 Å². The van der Waals surface area contributed by atoms with E-state index in [2.05, 4.69) is 5.32 Å². The fourth-order valence-electron chi connectivity index (χ4n) is 2.09. The molecule has 22 heavy (non-hydrogen) atoms. The fraction of sp³-hybridized carbons (Fsp3) is 0.118. The maximum absolute atomic E-state index is 13.2. The molecular weight excluding hydrogens is 285 g/mol. The number of hydrogen-bond donors (Lipinski definition) is 1. The minimum absolute atomic E-state index is 0.210. The van der Waals surface area contributed by atoms with Crippen molar-refractivity contribution in [1.29, 1.82) is 0 Å². The molecule has 1 aliphatic rings. The first-order chi connectivity index (χ1) is 10.6. The lowest BCUT2D eigenvalue weighted by Gasteiger charge is -2.06. The molecule has 5 heteroatoms. The topological polar surface area (TPSA) is 47.6 Å². The third kappa shape index (κ3) is 3.09. The molecular formula is C17H14FNO3. The van der Waals surface area contributed by atoms with Gasteiger partial charge >= 0.3 is 0 Å². The van der Waals surface area contributed by atoms with Crippen LogP contribution in [-0.2, 0) is 4.79 Å². The Hall–Kier alpha value is -2.82. The zero-order valence-corrected chi connectivity index (χ0v) is 11.9. The summed E-state index contributed by atoms with van der Waals surface area (Å²) in [6.07, 6.45) is 3.05. The van der Waals surface area contributed by atoms with Gasteiger partial charge in [-0.2, -0.15) is 0 Å². The van der Waals surface area contributed by atoms with Gasteiger partial charge in [0.1, 0.15) is 5.82 Å². The van der Waals surface area contributed by atoms with E-state index in [4.69, 9.17) is 9.47 Å². The first-order valence-electron chi connectivity index (χ1n) is 6.77. The van der Waals surface area contributed by atoms with Gasteiger partial charge in [-0.05, 0) is 48.4 Å². The molecule has 0 aliphatic carbocycles. The van der Waals surface area contributed by atoms with E-state index in [-0.39, 0.29) is 18.5 Å². The van der Waals surface area contributed by atoms with Crippen LogP contribution in [0.15, 0.2) is 42.5 Å². The van der Waals surface area contributed by atoms with Crippen molar-refractivity contribution in [2.24, 2.45) is 0 Å². The highest BCUT2D eigenvalue weighted by molar-refractivity contribution is 6.02. The van der Waals surface area contributed by atoms with Crippen molar-refractivity contribution in [3.05, 3.63) is 59.4 Å². The molecule has 0 spiro atoms. The Morgan fingerprint density at radius 3 is 2.86 bits per heavy atom. The minimum Gasteiger partial charge on any atom is -0.454 e. The average Bonchev–Trinajstić information content (AvgIpc) is 2.96. The molecule has 0 fully saturated rings. The molecule has 1 amide bonds. The summed E-state index contributed by atoms with van der Waals surface area (Å²) in [5.74, 6) is 0.632. The molecule has 0 atom stereocenters. The van der Waals surface area contributed by atoms with E-state index in [1.165, 1.54) is 18.2 Å². The summed E-state index contributed by atoms with van der Waals surface area (Å²) in [4.78, 5) is 11.9. The molecule has 112 valence electrons. The number of fused-ring (bicyclic) bond motifs is 1. The maximum Gasteiger partial charge on any atom is 0.248 e. The van der Waals surface area contributed by atoms with Crippen LogP contribution in [0.2, 0.25) is 0 Å². The van der Waals surface area contributed by atoms with E-state index in [0.717, 1.165) is 11.1 Å². The fourth-order valence-corrected chi connectivity index (χ4v) is 2.09. The van der Waals surface area contributed by atoms with Gasteiger partial charge in [0.25, 0.3) is 0 Å². The van der Waals surface area contributed by atoms with Gasteiger partial charge in [-0.25, -0.2) is 4.39 Å². The Balaban J connectivity index is 1.70. The molecule has 1 aliphatic heterocycles. The quantitative estimate of drug-likeness (QED) is 0.882. The van der Waals surface area contributed by atoms with Crippen LogP contribution >= 0.6 is 0 Å². The highest BCUT2D eigenvalue weighted by Gasteiger charge is 2.12. The Bertz CT molecular complexity index is 756. The smallest absolute Gasteiger partial charge is 0.248 e. The summed E-state index contributed by atoms with van der Waals surface area (Å²) in [6, 6.07) is 9.67. The largest absolute Gasteiger partial charge is 0.454 e. The molecule has 2 aromatic carbocycles. The highest BCUT2D eigenvalue weighted by atomic mass is 19.1. The van der Waals surface area contributed by atoms with Gasteiger partial charge in [-0.1, -0.05) is 12.1 Å². The number of amides is 1. The van der Waals surface area contributed by atoms with E-state index in [9.17, 15) is 9.18 Å². The molecule has 0 bridgehead atoms. The molecule has 1 heterocycles. The van der Waals surface area contributed by atoms with Crippen LogP contribution < -0.4 is 14.8 Å². The summed E-state index contributed by atoms with van der Waals surface area (Å²) in [7, 11) is 0. The van der Waals surface area contributed by atoms with Crippen LogP contribution in [0.1, 0.15) is 11.1 Å². The summed E-state index contributed by atoms with van der Waals surface area (Å²) in [5.41, 5.74) is 2.07. The molecule has 4 nitrogen and oxygen atoms in total. The van der Waals surface area contributed by atoms with Crippen LogP contribution in [0.4, 0.5) is 10.1 Å². The van der Waals surface area contributed by atoms with Gasteiger partial charge in [-0.3, -0.25) is 4.79 Å². The molecule has 0 unspecified atom stereocenters. The van der Waals surface area contributed by atoms with Crippen LogP contribution in [0.3, 0.4) is 0 Å². The lowest BCUT2D eigenvalue weighted by atomic mass is 10.1. The van der Waals surface area contributed by atoms with Crippen LogP contribution in [0, 0.1) is 12.7 Å². The molecule has 3 rings (SSSR count). The zero-order chi connectivity index (χ0) is 15.5. The number of aryl methyl sites for hydroxylation is 1. The lowest BCUT2D eigenvalue weighted by Crippen LogP contribution is -2.09. The lowest BCUT2D eigenvalue weighted by molar-refractivity contribution is -0.111. The summed E-state index contributed by atoms with van der Waals surface area (Å²) >= 11 is 0. The molecule has 0 saturated heterocycles. The van der Waals surface area contributed by atoms with E-state index in [1.807, 2.05) is 6.07 Å². The Kier molecular flexibility index (Phi) is 3.78. The van der Waals surface area contributed by atoms with Gasteiger partial charge in [0.05, 0.1) is 0 Å². The second-order valence-corrected chi connectivity index (χ2v) is 4.89. The molecule has 0 aromatic heterocycles. The molecule has 0 radical (unpaired) electrons. The molecule has 2 aromatic rings. The number of anilines is 1. The number of halogens is 1. The highest BCUT2D eigenvalue weighted by Crippen LogP contribution is 2.32. The van der Waals surface area contributed by atoms with Crippen molar-refractivity contribution < 1.29 is 18.7 Å². The third-order valence-electron chi connectivity index (χ3n) is 3.28. The normalized spacial score (nSPS) is 12.6. The van der Waals surface area contributed by atoms with Crippen LogP contribution in [0.25, 0.3) is 6.08 Å². The standard InChI is InChI=1S/C17H14FNO3/c1-11-2-5-13(18)9-14(11)19-17(20)7-4-12-3-6-15-16(8-12)22-10-21-15/h2-9H,10H2,1H3,(H,19,20). The SMILES string of the molecule is Cc1ccc(F)cc1NC(=O)C=Cc1ccc2c(c1)OCO2. The predicted octanol–water partition coefficient (Wildman–Crippen LogP) is 3.51. The van der Waals surface area contributed by atoms with Crippen molar-refractivity contribution in [3.8, 4) is 11.5 Å². The van der Waals surface area contributed by atoms with Crippen LogP contribution in [0.5, 0.6) is 11.5 Å². The van der Waals surface area contributed by atoms with Gasteiger partial charge in [0, 0.05) is 11.8 Å². The summed E-state index contributed by atoms with van der Waals surface area (Å²) in [6.45, 7) is 2.01. The predicted molar refractivity (Wildman–Crippen MR) is 81.4 cm³/mol. The van der Waals surface area contributed by atoms with E-state index >= 15 is 0 Å². The summed E-state index contributed by atoms with van der Waals surface area (Å²) < 4.78 is 23.7. The number of nitrogens with one attached hydrogen (secondary N) is 1. The second kappa shape index (κ2) is 5.89. The number of hydrogen-bond acceptors (Lipinski definition) is 3. The third-order valence-corrected chi connectivity index (χ3v) is 3.28. The van der Waals surface area contributed by atoms with E-state index in [1.54, 1.807) is 31.2 Å². The van der Waals surface area contributed by atoms with Crippen molar-refractivity contribution in [2.75, 3.05) is 12.1 Å². The van der Waals surface area contributed by atoms with E-state index < -0.39 is 0 Å². The zero-order valence-electron chi connectivity index (χ0n) is 11.9. The van der Waals surface area contributed by atoms with Crippen molar-refractivity contribution in [3.63, 3.8) is 0 Å². The van der Waals surface area contributed by atoms with Crippen molar-refractivity contribution in [2.45, 2.75) is 6.92 Å². The van der Waals surface area contributed by atoms with Gasteiger partial charge < -0.3 is 14.8 Å². The minimum atomic E-state index is -0.388. The van der Waals surface area contributed by atoms with Crippen molar-refractivity contribution >= 4 is 17.7 Å². The number of benzene rings is 2. The first kappa shape index (κ1) is 14.1.